The normalized spacial score (nSPS) is 30.9. The summed E-state index contributed by atoms with van der Waals surface area (Å²) in [7, 11) is 0. The quantitative estimate of drug-likeness (QED) is 0.812. The van der Waals surface area contributed by atoms with E-state index in [0.29, 0.717) is 11.5 Å². The Morgan fingerprint density at radius 3 is 2.84 bits per heavy atom. The molecule has 0 saturated carbocycles. The second kappa shape index (κ2) is 5.27. The Morgan fingerprint density at radius 2 is 2.26 bits per heavy atom. The van der Waals surface area contributed by atoms with Crippen molar-refractivity contribution >= 4 is 5.97 Å². The number of carbonyl (C=O) groups excluding carboxylic acids is 1. The van der Waals surface area contributed by atoms with Gasteiger partial charge in [0.15, 0.2) is 0 Å². The largest absolute Gasteiger partial charge is 0.459 e. The lowest BCUT2D eigenvalue weighted by Gasteiger charge is -2.44. The van der Waals surface area contributed by atoms with E-state index in [-0.39, 0.29) is 12.1 Å². The van der Waals surface area contributed by atoms with Gasteiger partial charge in [-0.15, -0.1) is 0 Å². The number of aromatic nitrogens is 1. The van der Waals surface area contributed by atoms with Crippen molar-refractivity contribution in [1.82, 2.24) is 9.88 Å². The maximum absolute atomic E-state index is 12.1. The van der Waals surface area contributed by atoms with Crippen molar-refractivity contribution in [2.45, 2.75) is 25.0 Å². The van der Waals surface area contributed by atoms with Gasteiger partial charge in [-0.05, 0) is 43.5 Å². The molecule has 2 bridgehead atoms. The molecule has 0 radical (unpaired) electrons. The van der Waals surface area contributed by atoms with Crippen molar-refractivity contribution in [2.75, 3.05) is 19.6 Å². The molecule has 1 unspecified atom stereocenters. The third-order valence-electron chi connectivity index (χ3n) is 4.16. The smallest absolute Gasteiger partial charge is 0.327 e. The van der Waals surface area contributed by atoms with Crippen LogP contribution in [0.4, 0.5) is 0 Å². The number of nitrogens with zero attached hydrogens (tertiary/aromatic N) is 2. The van der Waals surface area contributed by atoms with Gasteiger partial charge in [-0.2, -0.15) is 0 Å². The number of hydrogen-bond donors (Lipinski definition) is 1. The summed E-state index contributed by atoms with van der Waals surface area (Å²) in [5, 5.41) is 0. The van der Waals surface area contributed by atoms with Gasteiger partial charge in [0.1, 0.15) is 12.1 Å². The molecule has 5 nitrogen and oxygen atoms in total. The van der Waals surface area contributed by atoms with Gasteiger partial charge < -0.3 is 10.5 Å². The Morgan fingerprint density at radius 1 is 1.47 bits per heavy atom. The molecule has 0 spiro atoms. The van der Waals surface area contributed by atoms with Gasteiger partial charge in [-0.1, -0.05) is 6.07 Å². The molecular weight excluding hydrogens is 242 g/mol. The van der Waals surface area contributed by atoms with E-state index in [2.05, 4.69) is 9.88 Å². The zero-order chi connectivity index (χ0) is 13.2. The topological polar surface area (TPSA) is 68.5 Å². The lowest BCUT2D eigenvalue weighted by molar-refractivity contribution is -0.160. The van der Waals surface area contributed by atoms with Gasteiger partial charge >= 0.3 is 5.97 Å². The van der Waals surface area contributed by atoms with Crippen LogP contribution in [0.5, 0.6) is 0 Å². The number of rotatable bonds is 3. The number of carbonyl (C=O) groups is 1. The zero-order valence-electron chi connectivity index (χ0n) is 10.9. The van der Waals surface area contributed by atoms with Crippen LogP contribution in [-0.4, -0.2) is 41.6 Å². The lowest BCUT2D eigenvalue weighted by atomic mass is 9.86. The van der Waals surface area contributed by atoms with Crippen molar-refractivity contribution < 1.29 is 9.53 Å². The number of ether oxygens (including phenoxy) is 1. The summed E-state index contributed by atoms with van der Waals surface area (Å²) < 4.78 is 5.61. The van der Waals surface area contributed by atoms with Crippen LogP contribution in [0.1, 0.15) is 24.4 Å². The molecule has 1 aromatic heterocycles. The summed E-state index contributed by atoms with van der Waals surface area (Å²) in [5.41, 5.74) is 6.63. The van der Waals surface area contributed by atoms with Crippen molar-refractivity contribution in [3.8, 4) is 0 Å². The number of hydrogen-bond acceptors (Lipinski definition) is 5. The number of piperidine rings is 3. The molecule has 5 heteroatoms. The fourth-order valence-electron chi connectivity index (χ4n) is 2.96. The van der Waals surface area contributed by atoms with E-state index in [1.54, 1.807) is 24.5 Å². The highest BCUT2D eigenvalue weighted by atomic mass is 16.5. The molecular formula is C14H19N3O2. The van der Waals surface area contributed by atoms with E-state index >= 15 is 0 Å². The second-order valence-electron chi connectivity index (χ2n) is 5.38. The minimum Gasteiger partial charge on any atom is -0.459 e. The average Bonchev–Trinajstić information content (AvgIpc) is 2.48. The molecule has 19 heavy (non-hydrogen) atoms. The van der Waals surface area contributed by atoms with E-state index in [0.717, 1.165) is 32.5 Å². The summed E-state index contributed by atoms with van der Waals surface area (Å²) in [4.78, 5) is 18.4. The van der Waals surface area contributed by atoms with Gasteiger partial charge in [0.2, 0.25) is 0 Å². The monoisotopic (exact) mass is 261 g/mol. The molecule has 3 saturated heterocycles. The molecule has 2 N–H and O–H groups in total. The first kappa shape index (κ1) is 12.6. The van der Waals surface area contributed by atoms with E-state index in [9.17, 15) is 4.79 Å². The Labute approximate surface area is 112 Å². The van der Waals surface area contributed by atoms with Crippen molar-refractivity contribution in [3.05, 3.63) is 30.1 Å². The van der Waals surface area contributed by atoms with Crippen molar-refractivity contribution in [3.63, 3.8) is 0 Å². The van der Waals surface area contributed by atoms with E-state index < -0.39 is 6.04 Å². The Kier molecular flexibility index (Phi) is 3.48. The molecule has 2 atom stereocenters. The summed E-state index contributed by atoms with van der Waals surface area (Å²) in [6.07, 6.45) is 5.54. The third kappa shape index (κ3) is 2.62. The van der Waals surface area contributed by atoms with Crippen LogP contribution >= 0.6 is 0 Å². The molecule has 3 aliphatic heterocycles. The van der Waals surface area contributed by atoms with Crippen LogP contribution in [0.25, 0.3) is 0 Å². The van der Waals surface area contributed by atoms with Crippen LogP contribution in [0.2, 0.25) is 0 Å². The molecule has 0 aromatic carbocycles. The first-order chi connectivity index (χ1) is 9.24. The number of fused-ring (bicyclic) bond motifs is 3. The highest BCUT2D eigenvalue weighted by Gasteiger charge is 2.37. The fraction of sp³-hybridized carbons (Fsp3) is 0.571. The minimum absolute atomic E-state index is 0.0118. The molecule has 0 amide bonds. The summed E-state index contributed by atoms with van der Waals surface area (Å²) in [6.45, 7) is 3.12. The standard InChI is InChI=1S/C14H19N3O2/c15-13(11-2-1-5-16-8-11)14(18)19-12-9-17-6-3-10(12)4-7-17/h1-2,5,8,10,12-13H,3-4,6-7,9,15H2/t12-,13?/m0/s1. The average molecular weight is 261 g/mol. The maximum Gasteiger partial charge on any atom is 0.327 e. The molecule has 1 aromatic rings. The minimum atomic E-state index is -0.732. The Balaban J connectivity index is 1.62. The number of esters is 1. The molecule has 3 fully saturated rings. The van der Waals surface area contributed by atoms with Gasteiger partial charge in [0.05, 0.1) is 0 Å². The maximum atomic E-state index is 12.1. The van der Waals surface area contributed by atoms with Gasteiger partial charge in [-0.25, -0.2) is 4.79 Å². The third-order valence-corrected chi connectivity index (χ3v) is 4.16. The summed E-state index contributed by atoms with van der Waals surface area (Å²) in [5.74, 6) is 0.168. The Hall–Kier alpha value is -1.46. The van der Waals surface area contributed by atoms with Crippen molar-refractivity contribution in [2.24, 2.45) is 11.7 Å². The number of nitrogens with two attached hydrogens (primary N) is 1. The van der Waals surface area contributed by atoms with E-state index in [1.165, 1.54) is 0 Å². The highest BCUT2D eigenvalue weighted by molar-refractivity contribution is 5.77. The number of pyridine rings is 1. The second-order valence-corrected chi connectivity index (χ2v) is 5.38. The van der Waals surface area contributed by atoms with Crippen LogP contribution in [0.15, 0.2) is 24.5 Å². The molecule has 102 valence electrons. The summed E-state index contributed by atoms with van der Waals surface area (Å²) in [6, 6.07) is 2.84. The SMILES string of the molecule is NC(C(=O)O[C@H]1CN2CCC1CC2)c1cccnc1. The first-order valence-electron chi connectivity index (χ1n) is 6.82. The first-order valence-corrected chi connectivity index (χ1v) is 6.82. The predicted octanol–water partition coefficient (Wildman–Crippen LogP) is 0.719. The highest BCUT2D eigenvalue weighted by Crippen LogP contribution is 2.30. The van der Waals surface area contributed by atoms with Gasteiger partial charge in [0.25, 0.3) is 0 Å². The van der Waals surface area contributed by atoms with Crippen LogP contribution in [-0.2, 0) is 9.53 Å². The van der Waals surface area contributed by atoms with E-state index in [4.69, 9.17) is 10.5 Å². The lowest BCUT2D eigenvalue weighted by Crippen LogP contribution is -2.52. The van der Waals surface area contributed by atoms with Crippen LogP contribution in [0.3, 0.4) is 0 Å². The van der Waals surface area contributed by atoms with Crippen molar-refractivity contribution in [1.29, 1.82) is 0 Å². The van der Waals surface area contributed by atoms with E-state index in [1.807, 2.05) is 0 Å². The van der Waals surface area contributed by atoms with Crippen LogP contribution in [0, 0.1) is 5.92 Å². The van der Waals surface area contributed by atoms with Crippen LogP contribution < -0.4 is 5.73 Å². The zero-order valence-corrected chi connectivity index (χ0v) is 10.9. The molecule has 4 heterocycles. The van der Waals surface area contributed by atoms with Gasteiger partial charge in [-0.3, -0.25) is 9.88 Å². The van der Waals surface area contributed by atoms with Gasteiger partial charge in [0, 0.05) is 18.9 Å². The molecule has 0 aliphatic carbocycles. The Bertz CT molecular complexity index is 443. The summed E-state index contributed by atoms with van der Waals surface area (Å²) >= 11 is 0. The molecule has 4 rings (SSSR count). The predicted molar refractivity (Wildman–Crippen MR) is 70.2 cm³/mol. The fourth-order valence-corrected chi connectivity index (χ4v) is 2.96. The molecule has 3 aliphatic rings.